The average Bonchev–Trinajstić information content (AvgIpc) is 2.94. The Bertz CT molecular complexity index is 898. The van der Waals surface area contributed by atoms with Gasteiger partial charge in [0.25, 0.3) is 0 Å². The summed E-state index contributed by atoms with van der Waals surface area (Å²) in [6, 6.07) is 11.6. The molecule has 0 atom stereocenters. The molecule has 0 saturated heterocycles. The highest BCUT2D eigenvalue weighted by molar-refractivity contribution is 9.10. The van der Waals surface area contributed by atoms with Crippen molar-refractivity contribution < 1.29 is 18.7 Å². The van der Waals surface area contributed by atoms with Crippen LogP contribution in [0.15, 0.2) is 51.6 Å². The van der Waals surface area contributed by atoms with E-state index in [4.69, 9.17) is 13.9 Å². The maximum atomic E-state index is 12.0. The molecule has 0 aliphatic carbocycles. The van der Waals surface area contributed by atoms with Gasteiger partial charge in [-0.05, 0) is 55.3 Å². The maximum Gasteiger partial charge on any atom is 0.310 e. The van der Waals surface area contributed by atoms with E-state index in [-0.39, 0.29) is 19.0 Å². The first-order chi connectivity index (χ1) is 12.0. The summed E-state index contributed by atoms with van der Waals surface area (Å²) in [5, 5.41) is 0.963. The lowest BCUT2D eigenvalue weighted by Gasteiger charge is -2.07. The highest BCUT2D eigenvalue weighted by Gasteiger charge is 2.12. The first-order valence-corrected chi connectivity index (χ1v) is 8.83. The number of benzene rings is 2. The van der Waals surface area contributed by atoms with Gasteiger partial charge in [0.1, 0.15) is 24.5 Å². The number of esters is 1. The van der Waals surface area contributed by atoms with Gasteiger partial charge in [0.05, 0.1) is 12.7 Å². The fraction of sp³-hybridized carbons (Fsp3) is 0.250. The van der Waals surface area contributed by atoms with Gasteiger partial charge < -0.3 is 13.9 Å². The van der Waals surface area contributed by atoms with Crippen LogP contribution in [0.25, 0.3) is 11.0 Å². The zero-order valence-corrected chi connectivity index (χ0v) is 15.8. The molecule has 0 spiro atoms. The van der Waals surface area contributed by atoms with Gasteiger partial charge in [0.2, 0.25) is 0 Å². The number of rotatable bonds is 6. The quantitative estimate of drug-likeness (QED) is 0.431. The number of hydrogen-bond acceptors (Lipinski definition) is 4. The number of halogens is 1. The van der Waals surface area contributed by atoms with E-state index in [0.717, 1.165) is 26.8 Å². The monoisotopic (exact) mass is 402 g/mol. The van der Waals surface area contributed by atoms with Crippen molar-refractivity contribution >= 4 is 32.9 Å². The molecular formula is C20H19BrO4. The van der Waals surface area contributed by atoms with E-state index in [1.54, 1.807) is 6.26 Å². The minimum atomic E-state index is -0.293. The van der Waals surface area contributed by atoms with Crippen LogP contribution in [-0.4, -0.2) is 19.2 Å². The Labute approximate surface area is 154 Å². The van der Waals surface area contributed by atoms with E-state index in [1.165, 1.54) is 11.1 Å². The second-order valence-electron chi connectivity index (χ2n) is 5.90. The number of aryl methyl sites for hydroxylation is 2. The zero-order valence-electron chi connectivity index (χ0n) is 14.2. The summed E-state index contributed by atoms with van der Waals surface area (Å²) in [7, 11) is 0. The predicted molar refractivity (Wildman–Crippen MR) is 100.0 cm³/mol. The van der Waals surface area contributed by atoms with Gasteiger partial charge in [-0.15, -0.1) is 0 Å². The number of furan rings is 1. The van der Waals surface area contributed by atoms with Gasteiger partial charge in [-0.25, -0.2) is 0 Å². The Morgan fingerprint density at radius 3 is 2.72 bits per heavy atom. The van der Waals surface area contributed by atoms with Crippen molar-refractivity contribution in [2.75, 3.05) is 13.2 Å². The smallest absolute Gasteiger partial charge is 0.310 e. The third-order valence-electron chi connectivity index (χ3n) is 4.02. The van der Waals surface area contributed by atoms with Crippen molar-refractivity contribution in [1.82, 2.24) is 0 Å². The highest BCUT2D eigenvalue weighted by Crippen LogP contribution is 2.25. The fourth-order valence-electron chi connectivity index (χ4n) is 2.55. The summed E-state index contributed by atoms with van der Waals surface area (Å²) in [6.45, 7) is 4.60. The first kappa shape index (κ1) is 17.5. The number of fused-ring (bicyclic) bond motifs is 1. The molecule has 3 aromatic rings. The summed E-state index contributed by atoms with van der Waals surface area (Å²) in [6.07, 6.45) is 1.81. The van der Waals surface area contributed by atoms with Crippen LogP contribution in [0, 0.1) is 13.8 Å². The van der Waals surface area contributed by atoms with Gasteiger partial charge in [0.15, 0.2) is 0 Å². The molecule has 3 rings (SSSR count). The van der Waals surface area contributed by atoms with Crippen LogP contribution in [0.2, 0.25) is 0 Å². The lowest BCUT2D eigenvalue weighted by atomic mass is 10.0. The Morgan fingerprint density at radius 2 is 1.92 bits per heavy atom. The van der Waals surface area contributed by atoms with Crippen LogP contribution in [0.3, 0.4) is 0 Å². The van der Waals surface area contributed by atoms with Crippen molar-refractivity contribution in [2.24, 2.45) is 0 Å². The molecule has 130 valence electrons. The molecule has 4 nitrogen and oxygen atoms in total. The molecule has 0 saturated carbocycles. The molecule has 5 heteroatoms. The Kier molecular flexibility index (Phi) is 5.43. The molecule has 2 aromatic carbocycles. The SMILES string of the molecule is Cc1cc2occ(CC(=O)OCCOc3cccc(Br)c3)c2cc1C. The molecule has 25 heavy (non-hydrogen) atoms. The van der Waals surface area contributed by atoms with Crippen LogP contribution in [0.5, 0.6) is 5.75 Å². The summed E-state index contributed by atoms with van der Waals surface area (Å²) in [5.41, 5.74) is 3.98. The average molecular weight is 403 g/mol. The molecule has 1 aromatic heterocycles. The molecule has 0 fully saturated rings. The van der Waals surface area contributed by atoms with Crippen LogP contribution in [0.4, 0.5) is 0 Å². The Morgan fingerprint density at radius 1 is 1.12 bits per heavy atom. The fourth-order valence-corrected chi connectivity index (χ4v) is 2.93. The third-order valence-corrected chi connectivity index (χ3v) is 4.51. The van der Waals surface area contributed by atoms with Gasteiger partial charge in [-0.1, -0.05) is 22.0 Å². The maximum absolute atomic E-state index is 12.0. The minimum Gasteiger partial charge on any atom is -0.490 e. The summed E-state index contributed by atoms with van der Waals surface area (Å²) in [4.78, 5) is 12.0. The van der Waals surface area contributed by atoms with E-state index in [2.05, 4.69) is 15.9 Å². The largest absolute Gasteiger partial charge is 0.490 e. The van der Waals surface area contributed by atoms with Crippen LogP contribution in [0.1, 0.15) is 16.7 Å². The third kappa shape index (κ3) is 4.42. The standard InChI is InChI=1S/C20H19BrO4/c1-13-8-18-15(12-25-19(18)9-14(13)2)10-20(22)24-7-6-23-17-5-3-4-16(21)11-17/h3-5,8-9,11-12H,6-7,10H2,1-2H3. The van der Waals surface area contributed by atoms with Crippen molar-refractivity contribution in [3.05, 3.63) is 63.8 Å². The Balaban J connectivity index is 1.52. The van der Waals surface area contributed by atoms with Gasteiger partial charge in [0, 0.05) is 15.4 Å². The summed E-state index contributed by atoms with van der Waals surface area (Å²) in [5.74, 6) is 0.441. The molecule has 0 N–H and O–H groups in total. The number of carbonyl (C=O) groups is 1. The lowest BCUT2D eigenvalue weighted by molar-refractivity contribution is -0.143. The predicted octanol–water partition coefficient (Wildman–Crippen LogP) is 4.98. The van der Waals surface area contributed by atoms with Crippen molar-refractivity contribution in [1.29, 1.82) is 0 Å². The molecule has 0 aliphatic rings. The molecule has 0 bridgehead atoms. The summed E-state index contributed by atoms with van der Waals surface area (Å²) >= 11 is 3.38. The first-order valence-electron chi connectivity index (χ1n) is 8.04. The molecule has 1 heterocycles. The minimum absolute atomic E-state index is 0.187. The number of ether oxygens (including phenoxy) is 2. The van der Waals surface area contributed by atoms with Crippen molar-refractivity contribution in [3.8, 4) is 5.75 Å². The van der Waals surface area contributed by atoms with Crippen molar-refractivity contribution in [3.63, 3.8) is 0 Å². The lowest BCUT2D eigenvalue weighted by Crippen LogP contribution is -2.13. The van der Waals surface area contributed by atoms with Gasteiger partial charge >= 0.3 is 5.97 Å². The number of carbonyl (C=O) groups excluding carboxylic acids is 1. The van der Waals surface area contributed by atoms with E-state index >= 15 is 0 Å². The Hall–Kier alpha value is -2.27. The zero-order chi connectivity index (χ0) is 17.8. The second-order valence-corrected chi connectivity index (χ2v) is 6.81. The van der Waals surface area contributed by atoms with E-state index in [9.17, 15) is 4.79 Å². The molecule has 0 amide bonds. The van der Waals surface area contributed by atoms with Gasteiger partial charge in [-0.3, -0.25) is 4.79 Å². The summed E-state index contributed by atoms with van der Waals surface area (Å²) < 4.78 is 17.3. The van der Waals surface area contributed by atoms with E-state index < -0.39 is 0 Å². The van der Waals surface area contributed by atoms with Crippen LogP contribution < -0.4 is 4.74 Å². The van der Waals surface area contributed by atoms with E-state index in [1.807, 2.05) is 50.2 Å². The number of hydrogen-bond donors (Lipinski definition) is 0. The van der Waals surface area contributed by atoms with Crippen LogP contribution in [-0.2, 0) is 16.0 Å². The van der Waals surface area contributed by atoms with Crippen molar-refractivity contribution in [2.45, 2.75) is 20.3 Å². The van der Waals surface area contributed by atoms with Crippen LogP contribution >= 0.6 is 15.9 Å². The molecule has 0 radical (unpaired) electrons. The molecular weight excluding hydrogens is 384 g/mol. The van der Waals surface area contributed by atoms with Gasteiger partial charge in [-0.2, -0.15) is 0 Å². The molecule has 0 unspecified atom stereocenters. The second kappa shape index (κ2) is 7.74. The normalized spacial score (nSPS) is 10.8. The molecule has 0 aliphatic heterocycles. The highest BCUT2D eigenvalue weighted by atomic mass is 79.9. The van der Waals surface area contributed by atoms with E-state index in [0.29, 0.717) is 6.61 Å². The topological polar surface area (TPSA) is 48.7 Å².